The fourth-order valence-corrected chi connectivity index (χ4v) is 5.86. The number of sulfonamides is 1. The topological polar surface area (TPSA) is 88.8 Å². The molecule has 7 nitrogen and oxygen atoms in total. The van der Waals surface area contributed by atoms with Gasteiger partial charge in [-0.2, -0.15) is 0 Å². The second kappa shape index (κ2) is 10.1. The number of benzene rings is 3. The molecule has 10 heteroatoms. The van der Waals surface area contributed by atoms with E-state index in [1.165, 1.54) is 36.9 Å². The molecule has 4 aromatic rings. The lowest BCUT2D eigenvalue weighted by molar-refractivity contribution is 0.0964. The molecule has 0 saturated heterocycles. The van der Waals surface area contributed by atoms with Crippen LogP contribution >= 0.6 is 15.9 Å². The van der Waals surface area contributed by atoms with Crippen molar-refractivity contribution in [3.8, 4) is 17.1 Å². The van der Waals surface area contributed by atoms with Gasteiger partial charge in [0.15, 0.2) is 0 Å². The summed E-state index contributed by atoms with van der Waals surface area (Å²) in [5, 5.41) is 3.23. The Morgan fingerprint density at radius 1 is 1.16 bits per heavy atom. The Morgan fingerprint density at radius 3 is 2.47 bits per heavy atom. The molecule has 0 spiro atoms. The van der Waals surface area contributed by atoms with Gasteiger partial charge in [-0.05, 0) is 66.8 Å². The van der Waals surface area contributed by atoms with Crippen LogP contribution in [0.4, 0.5) is 10.1 Å². The summed E-state index contributed by atoms with van der Waals surface area (Å²) in [4.78, 5) is 13.0. The molecule has 1 amide bonds. The van der Waals surface area contributed by atoms with Gasteiger partial charge in [0.1, 0.15) is 22.9 Å². The number of furan rings is 1. The lowest BCUT2D eigenvalue weighted by Crippen LogP contribution is -2.30. The smallest absolute Gasteiger partial charge is 0.255 e. The average Bonchev–Trinajstić information content (AvgIpc) is 3.66. The molecule has 0 aliphatic heterocycles. The number of carbonyl (C=O) groups excluding carboxylic acids is 1. The van der Waals surface area contributed by atoms with Crippen LogP contribution in [0.25, 0.3) is 22.3 Å². The van der Waals surface area contributed by atoms with Gasteiger partial charge in [-0.3, -0.25) is 9.10 Å². The molecule has 1 fully saturated rings. The third-order valence-electron chi connectivity index (χ3n) is 6.65. The number of nitrogens with zero attached hydrogens (tertiary/aromatic N) is 1. The van der Waals surface area contributed by atoms with Crippen molar-refractivity contribution in [3.63, 3.8) is 0 Å². The van der Waals surface area contributed by atoms with E-state index in [9.17, 15) is 17.6 Å². The van der Waals surface area contributed by atoms with Gasteiger partial charge in [-0.15, -0.1) is 0 Å². The number of fused-ring (bicyclic) bond motifs is 1. The first-order chi connectivity index (χ1) is 18.1. The van der Waals surface area contributed by atoms with Crippen LogP contribution in [-0.2, 0) is 16.6 Å². The molecule has 1 aliphatic carbocycles. The summed E-state index contributed by atoms with van der Waals surface area (Å²) in [6.45, 7) is 0.0499. The third-order valence-corrected chi connectivity index (χ3v) is 8.27. The number of methoxy groups -OCH3 is 1. The fourth-order valence-electron chi connectivity index (χ4n) is 4.63. The van der Waals surface area contributed by atoms with Crippen LogP contribution in [0.15, 0.2) is 63.5 Å². The summed E-state index contributed by atoms with van der Waals surface area (Å²) in [7, 11) is -0.656. The van der Waals surface area contributed by atoms with Crippen molar-refractivity contribution in [2.24, 2.45) is 0 Å². The van der Waals surface area contributed by atoms with Crippen molar-refractivity contribution < 1.29 is 26.8 Å². The van der Waals surface area contributed by atoms with Crippen molar-refractivity contribution >= 4 is 48.5 Å². The van der Waals surface area contributed by atoms with Crippen LogP contribution in [0.2, 0.25) is 0 Å². The van der Waals surface area contributed by atoms with Crippen LogP contribution < -0.4 is 14.4 Å². The van der Waals surface area contributed by atoms with Crippen LogP contribution in [0.1, 0.15) is 40.2 Å². The number of hydrogen-bond donors (Lipinski definition) is 1. The standard InChI is InChI=1S/C28H26BrFN2O5S/c1-31-28(33)26-22-13-21(16-4-5-16)23(14-25(22)37-27(26)17-7-10-20(30)11-8-17)32(38(3,34)35)15-18-6-9-19(29)12-24(18)36-2/h6-14,16H,4-5,15H2,1-3H3,(H,31,33). The molecule has 1 N–H and O–H groups in total. The number of amides is 1. The summed E-state index contributed by atoms with van der Waals surface area (Å²) in [6.07, 6.45) is 2.99. The molecule has 198 valence electrons. The molecule has 5 rings (SSSR count). The van der Waals surface area contributed by atoms with E-state index in [1.807, 2.05) is 18.2 Å². The maximum Gasteiger partial charge on any atom is 0.255 e. The van der Waals surface area contributed by atoms with Gasteiger partial charge < -0.3 is 14.5 Å². The first-order valence-corrected chi connectivity index (χ1v) is 14.6. The summed E-state index contributed by atoms with van der Waals surface area (Å²) in [5.74, 6) is 0.250. The number of ether oxygens (including phenoxy) is 1. The second-order valence-electron chi connectivity index (χ2n) is 9.30. The van der Waals surface area contributed by atoms with E-state index >= 15 is 0 Å². The lowest BCUT2D eigenvalue weighted by Gasteiger charge is -2.26. The largest absolute Gasteiger partial charge is 0.496 e. The molecule has 38 heavy (non-hydrogen) atoms. The minimum atomic E-state index is -3.73. The lowest BCUT2D eigenvalue weighted by atomic mass is 10.00. The molecular formula is C28H26BrFN2O5S. The normalized spacial score (nSPS) is 13.5. The summed E-state index contributed by atoms with van der Waals surface area (Å²) in [6, 6.07) is 14.7. The number of hydrogen-bond acceptors (Lipinski definition) is 5. The molecule has 1 saturated carbocycles. The Hall–Kier alpha value is -3.37. The Morgan fingerprint density at radius 2 is 1.87 bits per heavy atom. The van der Waals surface area contributed by atoms with Gasteiger partial charge in [0.2, 0.25) is 10.0 Å². The minimum Gasteiger partial charge on any atom is -0.496 e. The van der Waals surface area contributed by atoms with Gasteiger partial charge in [-0.25, -0.2) is 12.8 Å². The van der Waals surface area contributed by atoms with Crippen LogP contribution in [0.5, 0.6) is 5.75 Å². The predicted molar refractivity (Wildman–Crippen MR) is 149 cm³/mol. The van der Waals surface area contributed by atoms with E-state index in [-0.39, 0.29) is 18.4 Å². The highest BCUT2D eigenvalue weighted by Crippen LogP contribution is 2.48. The third kappa shape index (κ3) is 5.02. The number of carbonyl (C=O) groups is 1. The van der Waals surface area contributed by atoms with Crippen molar-refractivity contribution in [1.82, 2.24) is 5.32 Å². The summed E-state index contributed by atoms with van der Waals surface area (Å²) >= 11 is 3.43. The van der Waals surface area contributed by atoms with Gasteiger partial charge in [0, 0.05) is 34.1 Å². The van der Waals surface area contributed by atoms with Gasteiger partial charge >= 0.3 is 0 Å². The number of rotatable bonds is 8. The molecule has 1 aromatic heterocycles. The van der Waals surface area contributed by atoms with Gasteiger partial charge in [0.05, 0.1) is 31.2 Å². The maximum atomic E-state index is 13.6. The van der Waals surface area contributed by atoms with Crippen LogP contribution in [0.3, 0.4) is 0 Å². The summed E-state index contributed by atoms with van der Waals surface area (Å²) < 4.78 is 53.8. The van der Waals surface area contributed by atoms with Crippen molar-refractivity contribution in [2.75, 3.05) is 24.7 Å². The van der Waals surface area contributed by atoms with E-state index in [2.05, 4.69) is 21.2 Å². The van der Waals surface area contributed by atoms with E-state index in [0.29, 0.717) is 44.9 Å². The zero-order valence-electron chi connectivity index (χ0n) is 21.0. The first kappa shape index (κ1) is 26.2. The van der Waals surface area contributed by atoms with E-state index in [0.717, 1.165) is 22.9 Å². The first-order valence-electron chi connectivity index (χ1n) is 12.0. The number of halogens is 2. The Balaban J connectivity index is 1.73. The van der Waals surface area contributed by atoms with Crippen LogP contribution in [-0.4, -0.2) is 34.7 Å². The highest BCUT2D eigenvalue weighted by molar-refractivity contribution is 9.10. The molecule has 1 heterocycles. The quantitative estimate of drug-likeness (QED) is 0.259. The summed E-state index contributed by atoms with van der Waals surface area (Å²) in [5.41, 5.74) is 3.24. The van der Waals surface area contributed by atoms with E-state index in [1.54, 1.807) is 24.3 Å². The molecule has 3 aromatic carbocycles. The minimum absolute atomic E-state index is 0.0499. The SMILES string of the molecule is CNC(=O)c1c(-c2ccc(F)cc2)oc2cc(N(Cc3ccc(Br)cc3OC)S(C)(=O)=O)c(C3CC3)cc12. The predicted octanol–water partition coefficient (Wildman–Crippen LogP) is 6.21. The molecule has 0 atom stereocenters. The number of anilines is 1. The van der Waals surface area contributed by atoms with Gasteiger partial charge in [-0.1, -0.05) is 22.0 Å². The number of nitrogens with one attached hydrogen (secondary N) is 1. The van der Waals surface area contributed by atoms with E-state index in [4.69, 9.17) is 9.15 Å². The molecule has 1 aliphatic rings. The monoisotopic (exact) mass is 600 g/mol. The van der Waals surface area contributed by atoms with Gasteiger partial charge in [0.25, 0.3) is 5.91 Å². The van der Waals surface area contributed by atoms with Crippen LogP contribution in [0, 0.1) is 5.82 Å². The molecule has 0 radical (unpaired) electrons. The zero-order chi connectivity index (χ0) is 27.2. The Labute approximate surface area is 228 Å². The molecule has 0 bridgehead atoms. The highest BCUT2D eigenvalue weighted by Gasteiger charge is 2.33. The maximum absolute atomic E-state index is 13.6. The average molecular weight is 601 g/mol. The highest BCUT2D eigenvalue weighted by atomic mass is 79.9. The van der Waals surface area contributed by atoms with Crippen molar-refractivity contribution in [3.05, 3.63) is 81.6 Å². The Bertz CT molecular complexity index is 1650. The second-order valence-corrected chi connectivity index (χ2v) is 12.1. The van der Waals surface area contributed by atoms with E-state index < -0.39 is 15.8 Å². The van der Waals surface area contributed by atoms with Crippen molar-refractivity contribution in [1.29, 1.82) is 0 Å². The Kier molecular flexibility index (Phi) is 6.96. The zero-order valence-corrected chi connectivity index (χ0v) is 23.4. The fraction of sp³-hybridized carbons (Fsp3) is 0.250. The molecular weight excluding hydrogens is 575 g/mol. The molecule has 0 unspecified atom stereocenters. The van der Waals surface area contributed by atoms with Crippen molar-refractivity contribution in [2.45, 2.75) is 25.3 Å².